The van der Waals surface area contributed by atoms with E-state index < -0.39 is 20.2 Å². The fourth-order valence-electron chi connectivity index (χ4n) is 1.46. The number of benzene rings is 1. The highest BCUT2D eigenvalue weighted by atomic mass is 32.2. The van der Waals surface area contributed by atoms with Crippen LogP contribution in [0.3, 0.4) is 0 Å². The van der Waals surface area contributed by atoms with Crippen molar-refractivity contribution in [3.05, 3.63) is 42.0 Å². The average molecular weight is 350 g/mol. The lowest BCUT2D eigenvalue weighted by molar-refractivity contribution is 0.290. The molecule has 0 N–H and O–H groups in total. The molecule has 7 nitrogen and oxygen atoms in total. The number of ether oxygens (including phenoxy) is 1. The summed E-state index contributed by atoms with van der Waals surface area (Å²) in [4.78, 5) is 0. The Balaban J connectivity index is 2.99. The Kier molecular flexibility index (Phi) is 6.54. The van der Waals surface area contributed by atoms with E-state index in [0.29, 0.717) is 16.9 Å². The van der Waals surface area contributed by atoms with E-state index in [9.17, 15) is 16.8 Å². The van der Waals surface area contributed by atoms with Crippen LogP contribution in [-0.4, -0.2) is 36.0 Å². The van der Waals surface area contributed by atoms with E-state index in [2.05, 4.69) is 6.58 Å². The molecule has 0 amide bonds. The third-order valence-electron chi connectivity index (χ3n) is 2.40. The summed E-state index contributed by atoms with van der Waals surface area (Å²) in [5.41, 5.74) is 0.940. The molecule has 0 saturated carbocycles. The number of rotatable bonds is 9. The Hall–Kier alpha value is -1.42. The molecule has 1 rings (SSSR count). The first-order chi connectivity index (χ1) is 10.1. The van der Waals surface area contributed by atoms with Crippen LogP contribution in [0.25, 0.3) is 0 Å². The van der Waals surface area contributed by atoms with Gasteiger partial charge in [0.15, 0.2) is 0 Å². The van der Waals surface area contributed by atoms with Crippen molar-refractivity contribution in [1.29, 1.82) is 0 Å². The Morgan fingerprint density at radius 2 is 1.55 bits per heavy atom. The van der Waals surface area contributed by atoms with Crippen molar-refractivity contribution in [2.75, 3.05) is 19.1 Å². The molecule has 0 aliphatic rings. The lowest BCUT2D eigenvalue weighted by Gasteiger charge is -2.12. The second kappa shape index (κ2) is 7.73. The van der Waals surface area contributed by atoms with Gasteiger partial charge in [-0.05, 0) is 23.3 Å². The molecule has 0 aliphatic heterocycles. The average Bonchev–Trinajstić information content (AvgIpc) is 2.39. The quantitative estimate of drug-likeness (QED) is 0.488. The minimum absolute atomic E-state index is 0.219. The molecule has 0 unspecified atom stereocenters. The zero-order chi connectivity index (χ0) is 16.8. The van der Waals surface area contributed by atoms with Gasteiger partial charge in [0.1, 0.15) is 12.4 Å². The van der Waals surface area contributed by atoms with Gasteiger partial charge in [0, 0.05) is 0 Å². The highest BCUT2D eigenvalue weighted by Crippen LogP contribution is 2.21. The first-order valence-electron chi connectivity index (χ1n) is 6.15. The summed E-state index contributed by atoms with van der Waals surface area (Å²) in [7, 11) is -7.24. The summed E-state index contributed by atoms with van der Waals surface area (Å²) < 4.78 is 59.1. The van der Waals surface area contributed by atoms with E-state index in [4.69, 9.17) is 13.1 Å². The molecular weight excluding hydrogens is 332 g/mol. The molecule has 9 heteroatoms. The van der Waals surface area contributed by atoms with Gasteiger partial charge in [-0.25, -0.2) is 0 Å². The molecule has 0 aromatic heterocycles. The normalized spacial score (nSPS) is 12.1. The van der Waals surface area contributed by atoms with Crippen LogP contribution in [0.2, 0.25) is 0 Å². The Morgan fingerprint density at radius 1 is 1.00 bits per heavy atom. The van der Waals surface area contributed by atoms with E-state index in [1.54, 1.807) is 24.3 Å². The van der Waals surface area contributed by atoms with Crippen molar-refractivity contribution in [2.24, 2.45) is 0 Å². The van der Waals surface area contributed by atoms with Gasteiger partial charge in [-0.2, -0.15) is 16.8 Å². The summed E-state index contributed by atoms with van der Waals surface area (Å²) in [5, 5.41) is 0. The SMILES string of the molecule is C=CCOc1ccc(COS(C)(=O)=O)c(COS(C)(=O)=O)c1. The molecular formula is C13H18O7S2. The Morgan fingerprint density at radius 3 is 2.05 bits per heavy atom. The summed E-state index contributed by atoms with van der Waals surface area (Å²) in [6, 6.07) is 4.77. The second-order valence-electron chi connectivity index (χ2n) is 4.46. The molecule has 0 spiro atoms. The predicted molar refractivity (Wildman–Crippen MR) is 81.4 cm³/mol. The van der Waals surface area contributed by atoms with Gasteiger partial charge >= 0.3 is 0 Å². The van der Waals surface area contributed by atoms with Gasteiger partial charge in [0.25, 0.3) is 20.2 Å². The molecule has 0 fully saturated rings. The van der Waals surface area contributed by atoms with Crippen LogP contribution in [0.5, 0.6) is 5.75 Å². The number of hydrogen-bond donors (Lipinski definition) is 0. The topological polar surface area (TPSA) is 96.0 Å². The first-order valence-corrected chi connectivity index (χ1v) is 9.78. The zero-order valence-electron chi connectivity index (χ0n) is 12.3. The molecule has 1 aromatic carbocycles. The highest BCUT2D eigenvalue weighted by molar-refractivity contribution is 7.86. The van der Waals surface area contributed by atoms with Crippen LogP contribution in [0, 0.1) is 0 Å². The molecule has 22 heavy (non-hydrogen) atoms. The third-order valence-corrected chi connectivity index (χ3v) is 3.49. The lowest BCUT2D eigenvalue weighted by Crippen LogP contribution is -2.08. The summed E-state index contributed by atoms with van der Waals surface area (Å²) >= 11 is 0. The summed E-state index contributed by atoms with van der Waals surface area (Å²) in [6.07, 6.45) is 3.42. The van der Waals surface area contributed by atoms with E-state index in [1.165, 1.54) is 0 Å². The standard InChI is InChI=1S/C13H18O7S2/c1-4-7-18-13-6-5-11(9-19-21(2,14)15)12(8-13)10-20-22(3,16)17/h4-6,8H,1,7,9-10H2,2-3H3. The minimum atomic E-state index is -3.63. The maximum atomic E-state index is 11.1. The molecule has 0 aliphatic carbocycles. The van der Waals surface area contributed by atoms with E-state index in [-0.39, 0.29) is 19.8 Å². The van der Waals surface area contributed by atoms with Gasteiger partial charge in [0.2, 0.25) is 0 Å². The summed E-state index contributed by atoms with van der Waals surface area (Å²) in [5.74, 6) is 0.482. The lowest BCUT2D eigenvalue weighted by atomic mass is 10.1. The smallest absolute Gasteiger partial charge is 0.264 e. The van der Waals surface area contributed by atoms with Gasteiger partial charge in [-0.15, -0.1) is 0 Å². The van der Waals surface area contributed by atoms with Gasteiger partial charge < -0.3 is 4.74 Å². The van der Waals surface area contributed by atoms with Gasteiger partial charge in [-0.3, -0.25) is 8.37 Å². The van der Waals surface area contributed by atoms with Crippen LogP contribution in [0.1, 0.15) is 11.1 Å². The Bertz CT molecular complexity index is 721. The van der Waals surface area contributed by atoms with Crippen LogP contribution in [0.4, 0.5) is 0 Å². The van der Waals surface area contributed by atoms with Crippen molar-refractivity contribution in [1.82, 2.24) is 0 Å². The van der Waals surface area contributed by atoms with Crippen molar-refractivity contribution < 1.29 is 29.9 Å². The predicted octanol–water partition coefficient (Wildman–Crippen LogP) is 1.20. The van der Waals surface area contributed by atoms with Crippen molar-refractivity contribution in [2.45, 2.75) is 13.2 Å². The molecule has 0 atom stereocenters. The van der Waals surface area contributed by atoms with Gasteiger partial charge in [0.05, 0.1) is 25.7 Å². The van der Waals surface area contributed by atoms with Crippen molar-refractivity contribution in [3.8, 4) is 5.75 Å². The molecule has 1 aromatic rings. The largest absolute Gasteiger partial charge is 0.490 e. The molecule has 0 bridgehead atoms. The Labute approximate surface area is 130 Å². The minimum Gasteiger partial charge on any atom is -0.490 e. The van der Waals surface area contributed by atoms with Crippen LogP contribution < -0.4 is 4.74 Å². The van der Waals surface area contributed by atoms with Crippen LogP contribution >= 0.6 is 0 Å². The fourth-order valence-corrected chi connectivity index (χ4v) is 2.15. The van der Waals surface area contributed by atoms with Crippen molar-refractivity contribution in [3.63, 3.8) is 0 Å². The highest BCUT2D eigenvalue weighted by Gasteiger charge is 2.11. The van der Waals surface area contributed by atoms with E-state index in [1.807, 2.05) is 0 Å². The second-order valence-corrected chi connectivity index (χ2v) is 7.75. The van der Waals surface area contributed by atoms with Crippen LogP contribution in [-0.2, 0) is 41.8 Å². The maximum Gasteiger partial charge on any atom is 0.264 e. The molecule has 124 valence electrons. The molecule has 0 saturated heterocycles. The molecule has 0 radical (unpaired) electrons. The fraction of sp³-hybridized carbons (Fsp3) is 0.385. The molecule has 0 heterocycles. The van der Waals surface area contributed by atoms with E-state index in [0.717, 1.165) is 12.5 Å². The van der Waals surface area contributed by atoms with E-state index >= 15 is 0 Å². The van der Waals surface area contributed by atoms with Crippen molar-refractivity contribution >= 4 is 20.2 Å². The zero-order valence-corrected chi connectivity index (χ0v) is 13.9. The number of hydrogen-bond acceptors (Lipinski definition) is 7. The maximum absolute atomic E-state index is 11.1. The monoisotopic (exact) mass is 350 g/mol. The third kappa shape index (κ3) is 7.55. The summed E-state index contributed by atoms with van der Waals surface area (Å²) in [6.45, 7) is 3.35. The van der Waals surface area contributed by atoms with Gasteiger partial charge in [-0.1, -0.05) is 18.7 Å². The van der Waals surface area contributed by atoms with Crippen LogP contribution in [0.15, 0.2) is 30.9 Å². The first kappa shape index (κ1) is 18.6.